The molecule has 1 atom stereocenters. The Bertz CT molecular complexity index is 476. The monoisotopic (exact) mass is 250 g/mol. The van der Waals surface area contributed by atoms with Crippen LogP contribution in [0.4, 0.5) is 14.9 Å². The maximum absolute atomic E-state index is 13.6. The van der Waals surface area contributed by atoms with Gasteiger partial charge in [0, 0.05) is 0 Å². The highest BCUT2D eigenvalue weighted by atomic mass is 19.1. The standard InChI is InChI=1S/C13H15FN2O2/c1-2-3-7-10-12(17)16(13(18)15-10)11-8-5-4-6-9(11)14/h4-6,8,10H,2-3,7H2,1H3,(H,15,18). The summed E-state index contributed by atoms with van der Waals surface area (Å²) >= 11 is 0. The van der Waals surface area contributed by atoms with Crippen LogP contribution in [0, 0.1) is 5.82 Å². The second-order valence-electron chi connectivity index (χ2n) is 4.27. The van der Waals surface area contributed by atoms with Crippen molar-refractivity contribution in [1.82, 2.24) is 5.32 Å². The van der Waals surface area contributed by atoms with Gasteiger partial charge < -0.3 is 5.32 Å². The number of nitrogens with one attached hydrogen (secondary N) is 1. The Kier molecular flexibility index (Phi) is 3.60. The Morgan fingerprint density at radius 3 is 2.72 bits per heavy atom. The SMILES string of the molecule is CCCCC1NC(=O)N(c2ccccc2F)C1=O. The summed E-state index contributed by atoms with van der Waals surface area (Å²) in [4.78, 5) is 24.7. The fraction of sp³-hybridized carbons (Fsp3) is 0.385. The van der Waals surface area contributed by atoms with Crippen LogP contribution < -0.4 is 10.2 Å². The number of urea groups is 1. The third kappa shape index (κ3) is 2.20. The number of anilines is 1. The van der Waals surface area contributed by atoms with Crippen molar-refractivity contribution in [3.8, 4) is 0 Å². The Hall–Kier alpha value is -1.91. The van der Waals surface area contributed by atoms with Crippen LogP contribution in [0.5, 0.6) is 0 Å². The fourth-order valence-corrected chi connectivity index (χ4v) is 2.00. The minimum absolute atomic E-state index is 0.0130. The number of nitrogens with zero attached hydrogens (tertiary/aromatic N) is 1. The number of benzene rings is 1. The van der Waals surface area contributed by atoms with E-state index >= 15 is 0 Å². The zero-order valence-electron chi connectivity index (χ0n) is 10.1. The molecule has 3 amide bonds. The zero-order chi connectivity index (χ0) is 13.1. The molecule has 1 fully saturated rings. The third-order valence-corrected chi connectivity index (χ3v) is 2.96. The minimum Gasteiger partial charge on any atom is -0.325 e. The fourth-order valence-electron chi connectivity index (χ4n) is 2.00. The Morgan fingerprint density at radius 1 is 1.33 bits per heavy atom. The molecule has 18 heavy (non-hydrogen) atoms. The van der Waals surface area contributed by atoms with Gasteiger partial charge in [0.25, 0.3) is 5.91 Å². The van der Waals surface area contributed by atoms with E-state index in [-0.39, 0.29) is 11.6 Å². The molecule has 96 valence electrons. The van der Waals surface area contributed by atoms with Gasteiger partial charge in [-0.25, -0.2) is 14.1 Å². The quantitative estimate of drug-likeness (QED) is 0.834. The number of halogens is 1. The molecule has 1 aliphatic rings. The van der Waals surface area contributed by atoms with E-state index in [9.17, 15) is 14.0 Å². The van der Waals surface area contributed by atoms with Crippen molar-refractivity contribution in [2.75, 3.05) is 4.90 Å². The highest BCUT2D eigenvalue weighted by Crippen LogP contribution is 2.24. The molecule has 0 spiro atoms. The maximum atomic E-state index is 13.6. The number of hydrogen-bond donors (Lipinski definition) is 1. The van der Waals surface area contributed by atoms with Crippen molar-refractivity contribution >= 4 is 17.6 Å². The van der Waals surface area contributed by atoms with Crippen LogP contribution in [0.15, 0.2) is 24.3 Å². The number of imide groups is 1. The predicted molar refractivity (Wildman–Crippen MR) is 65.7 cm³/mol. The first-order valence-corrected chi connectivity index (χ1v) is 6.04. The molecule has 5 heteroatoms. The van der Waals surface area contributed by atoms with Crippen LogP contribution in [0.2, 0.25) is 0 Å². The first-order valence-electron chi connectivity index (χ1n) is 6.04. The summed E-state index contributed by atoms with van der Waals surface area (Å²) in [6.45, 7) is 2.01. The molecule has 0 bridgehead atoms. The summed E-state index contributed by atoms with van der Waals surface area (Å²) in [6, 6.07) is 4.69. The molecule has 1 aromatic carbocycles. The van der Waals surface area contributed by atoms with Crippen LogP contribution in [0.3, 0.4) is 0 Å². The van der Waals surface area contributed by atoms with E-state index in [1.807, 2.05) is 6.92 Å². The number of hydrogen-bond acceptors (Lipinski definition) is 2. The molecule has 1 unspecified atom stereocenters. The van der Waals surface area contributed by atoms with Gasteiger partial charge in [-0.2, -0.15) is 0 Å². The molecule has 0 aromatic heterocycles. The lowest BCUT2D eigenvalue weighted by Gasteiger charge is -2.13. The van der Waals surface area contributed by atoms with Crippen LogP contribution in [0.25, 0.3) is 0 Å². The maximum Gasteiger partial charge on any atom is 0.329 e. The van der Waals surface area contributed by atoms with Gasteiger partial charge in [0.2, 0.25) is 0 Å². The highest BCUT2D eigenvalue weighted by Gasteiger charge is 2.39. The van der Waals surface area contributed by atoms with Gasteiger partial charge in [0.1, 0.15) is 11.9 Å². The lowest BCUT2D eigenvalue weighted by atomic mass is 10.1. The summed E-state index contributed by atoms with van der Waals surface area (Å²) < 4.78 is 13.6. The summed E-state index contributed by atoms with van der Waals surface area (Å²) in [7, 11) is 0. The van der Waals surface area contributed by atoms with Gasteiger partial charge in [-0.1, -0.05) is 31.9 Å². The van der Waals surface area contributed by atoms with Gasteiger partial charge in [-0.15, -0.1) is 0 Å². The summed E-state index contributed by atoms with van der Waals surface area (Å²) in [5, 5.41) is 2.59. The van der Waals surface area contributed by atoms with E-state index in [1.54, 1.807) is 6.07 Å². The van der Waals surface area contributed by atoms with E-state index in [0.717, 1.165) is 17.7 Å². The topological polar surface area (TPSA) is 49.4 Å². The minimum atomic E-state index is -0.572. The van der Waals surface area contributed by atoms with Gasteiger partial charge in [0.05, 0.1) is 5.69 Å². The van der Waals surface area contributed by atoms with Crippen molar-refractivity contribution in [2.24, 2.45) is 0 Å². The second-order valence-corrected chi connectivity index (χ2v) is 4.27. The average molecular weight is 250 g/mol. The van der Waals surface area contributed by atoms with Crippen molar-refractivity contribution in [3.05, 3.63) is 30.1 Å². The van der Waals surface area contributed by atoms with Crippen LogP contribution >= 0.6 is 0 Å². The molecule has 1 aromatic rings. The molecular formula is C13H15FN2O2. The molecule has 1 saturated heterocycles. The predicted octanol–water partition coefficient (Wildman–Crippen LogP) is 2.44. The van der Waals surface area contributed by atoms with Gasteiger partial charge in [-0.05, 0) is 18.6 Å². The molecule has 0 radical (unpaired) electrons. The molecular weight excluding hydrogens is 235 g/mol. The molecule has 2 rings (SSSR count). The summed E-state index contributed by atoms with van der Waals surface area (Å²) in [5.74, 6) is -0.948. The lowest BCUT2D eigenvalue weighted by molar-refractivity contribution is -0.118. The molecule has 0 aliphatic carbocycles. The molecule has 1 N–H and O–H groups in total. The first-order chi connectivity index (χ1) is 8.65. The Balaban J connectivity index is 2.22. The molecule has 4 nitrogen and oxygen atoms in total. The largest absolute Gasteiger partial charge is 0.329 e. The van der Waals surface area contributed by atoms with E-state index in [2.05, 4.69) is 5.32 Å². The van der Waals surface area contributed by atoms with Crippen LogP contribution in [-0.2, 0) is 4.79 Å². The number of para-hydroxylation sites is 1. The zero-order valence-corrected chi connectivity index (χ0v) is 10.1. The lowest BCUT2D eigenvalue weighted by Crippen LogP contribution is -2.32. The number of carbonyl (C=O) groups excluding carboxylic acids is 2. The number of unbranched alkanes of at least 4 members (excludes halogenated alkanes) is 1. The molecule has 1 aliphatic heterocycles. The van der Waals surface area contributed by atoms with Crippen molar-refractivity contribution in [1.29, 1.82) is 0 Å². The normalized spacial score (nSPS) is 19.2. The molecule has 0 saturated carbocycles. The number of carbonyl (C=O) groups is 2. The van der Waals surface area contributed by atoms with E-state index in [4.69, 9.17) is 0 Å². The van der Waals surface area contributed by atoms with E-state index < -0.39 is 17.9 Å². The first kappa shape index (κ1) is 12.5. The van der Waals surface area contributed by atoms with Gasteiger partial charge in [-0.3, -0.25) is 4.79 Å². The Labute approximate surface area is 105 Å². The average Bonchev–Trinajstić information content (AvgIpc) is 2.63. The highest BCUT2D eigenvalue weighted by molar-refractivity contribution is 6.21. The van der Waals surface area contributed by atoms with Crippen molar-refractivity contribution < 1.29 is 14.0 Å². The third-order valence-electron chi connectivity index (χ3n) is 2.96. The summed E-state index contributed by atoms with van der Waals surface area (Å²) in [5.41, 5.74) is 0.0130. The Morgan fingerprint density at radius 2 is 2.06 bits per heavy atom. The summed E-state index contributed by atoms with van der Waals surface area (Å²) in [6.07, 6.45) is 2.38. The van der Waals surface area contributed by atoms with E-state index in [0.29, 0.717) is 6.42 Å². The smallest absolute Gasteiger partial charge is 0.325 e. The second kappa shape index (κ2) is 5.16. The van der Waals surface area contributed by atoms with Crippen LogP contribution in [-0.4, -0.2) is 18.0 Å². The van der Waals surface area contributed by atoms with Crippen LogP contribution in [0.1, 0.15) is 26.2 Å². The van der Waals surface area contributed by atoms with Crippen molar-refractivity contribution in [3.63, 3.8) is 0 Å². The number of rotatable bonds is 4. The number of amides is 3. The van der Waals surface area contributed by atoms with Crippen molar-refractivity contribution in [2.45, 2.75) is 32.2 Å². The molecule has 1 heterocycles. The van der Waals surface area contributed by atoms with Gasteiger partial charge in [0.15, 0.2) is 0 Å². The van der Waals surface area contributed by atoms with E-state index in [1.165, 1.54) is 18.2 Å². The van der Waals surface area contributed by atoms with Gasteiger partial charge >= 0.3 is 6.03 Å².